The molecule has 16 heavy (non-hydrogen) atoms. The lowest BCUT2D eigenvalue weighted by molar-refractivity contribution is 0.0942. The highest BCUT2D eigenvalue weighted by atomic mass is 35.5. The van der Waals surface area contributed by atoms with Crippen molar-refractivity contribution in [3.63, 3.8) is 0 Å². The molecule has 0 fully saturated rings. The Morgan fingerprint density at radius 3 is 2.94 bits per heavy atom. The van der Waals surface area contributed by atoms with Gasteiger partial charge in [0.2, 0.25) is 11.5 Å². The van der Waals surface area contributed by atoms with Crippen molar-refractivity contribution in [1.82, 2.24) is 15.6 Å². The van der Waals surface area contributed by atoms with Crippen LogP contribution in [0.5, 0.6) is 0 Å². The molecule has 0 bridgehead atoms. The molecule has 0 aliphatic carbocycles. The molecule has 0 atom stereocenters. The Bertz CT molecular complexity index is 510. The van der Waals surface area contributed by atoms with Gasteiger partial charge in [0.05, 0.1) is 10.9 Å². The van der Waals surface area contributed by atoms with E-state index in [4.69, 9.17) is 17.3 Å². The highest BCUT2D eigenvalue weighted by molar-refractivity contribution is 7.16. The number of halogens is 1. The maximum absolute atomic E-state index is 11.5. The first-order chi connectivity index (χ1) is 7.66. The molecule has 0 spiro atoms. The van der Waals surface area contributed by atoms with Crippen molar-refractivity contribution in [2.24, 2.45) is 0 Å². The van der Waals surface area contributed by atoms with Crippen LogP contribution in [0, 0.1) is 0 Å². The summed E-state index contributed by atoms with van der Waals surface area (Å²) in [4.78, 5) is 12.5. The number of nitrogen functional groups attached to an aromatic ring is 1. The van der Waals surface area contributed by atoms with Crippen LogP contribution >= 0.6 is 22.9 Å². The molecule has 0 unspecified atom stereocenters. The number of aromatic nitrogens is 2. The van der Waals surface area contributed by atoms with Crippen molar-refractivity contribution in [3.05, 3.63) is 27.0 Å². The van der Waals surface area contributed by atoms with Gasteiger partial charge in [0, 0.05) is 4.88 Å². The van der Waals surface area contributed by atoms with Crippen LogP contribution in [0.3, 0.4) is 0 Å². The fourth-order valence-corrected chi connectivity index (χ4v) is 2.08. The minimum Gasteiger partial charge on any atom is -0.379 e. The van der Waals surface area contributed by atoms with E-state index in [9.17, 15) is 4.79 Å². The van der Waals surface area contributed by atoms with Gasteiger partial charge in [-0.3, -0.25) is 4.79 Å². The standard InChI is InChI=1S/C8H7ClN4O2S/c9-5-2-1-4(16-5)3-11-8(14)6-7(10)13-15-12-6/h1-2H,3H2,(H2,10,13)(H,11,14). The quantitative estimate of drug-likeness (QED) is 0.865. The smallest absolute Gasteiger partial charge is 0.277 e. The predicted octanol–water partition coefficient (Wildman–Crippen LogP) is 1.30. The number of hydrogen-bond acceptors (Lipinski definition) is 6. The first kappa shape index (κ1) is 10.9. The fourth-order valence-electron chi connectivity index (χ4n) is 1.05. The predicted molar refractivity (Wildman–Crippen MR) is 59.2 cm³/mol. The number of nitrogens with two attached hydrogens (primary N) is 1. The monoisotopic (exact) mass is 258 g/mol. The molecule has 1 amide bonds. The lowest BCUT2D eigenvalue weighted by atomic mass is 10.4. The third kappa shape index (κ3) is 2.31. The van der Waals surface area contributed by atoms with E-state index >= 15 is 0 Å². The zero-order chi connectivity index (χ0) is 11.5. The molecule has 0 aliphatic heterocycles. The molecule has 6 nitrogen and oxygen atoms in total. The molecule has 84 valence electrons. The molecule has 0 saturated heterocycles. The molecule has 2 heterocycles. The van der Waals surface area contributed by atoms with E-state index in [1.165, 1.54) is 11.3 Å². The summed E-state index contributed by atoms with van der Waals surface area (Å²) in [6.45, 7) is 0.364. The average molecular weight is 259 g/mol. The molecule has 3 N–H and O–H groups in total. The van der Waals surface area contributed by atoms with Crippen LogP contribution in [-0.2, 0) is 6.54 Å². The van der Waals surface area contributed by atoms with Crippen LogP contribution in [0.4, 0.5) is 5.82 Å². The largest absolute Gasteiger partial charge is 0.379 e. The van der Waals surface area contributed by atoms with Gasteiger partial charge in [0.25, 0.3) is 5.91 Å². The SMILES string of the molecule is Nc1nonc1C(=O)NCc1ccc(Cl)s1. The zero-order valence-electron chi connectivity index (χ0n) is 7.94. The van der Waals surface area contributed by atoms with Crippen LogP contribution in [0.15, 0.2) is 16.8 Å². The van der Waals surface area contributed by atoms with Crippen LogP contribution in [0.25, 0.3) is 0 Å². The third-order valence-electron chi connectivity index (χ3n) is 1.78. The summed E-state index contributed by atoms with van der Waals surface area (Å²) >= 11 is 7.14. The summed E-state index contributed by atoms with van der Waals surface area (Å²) in [5, 5.41) is 9.32. The average Bonchev–Trinajstić information content (AvgIpc) is 2.84. The summed E-state index contributed by atoms with van der Waals surface area (Å²) in [5.74, 6) is -0.454. The molecule has 0 radical (unpaired) electrons. The van der Waals surface area contributed by atoms with E-state index in [0.29, 0.717) is 10.9 Å². The second kappa shape index (κ2) is 4.50. The van der Waals surface area contributed by atoms with Crippen molar-refractivity contribution in [2.45, 2.75) is 6.54 Å². The lowest BCUT2D eigenvalue weighted by Crippen LogP contribution is -2.23. The minimum atomic E-state index is -0.428. The van der Waals surface area contributed by atoms with Gasteiger partial charge in [-0.1, -0.05) is 11.6 Å². The van der Waals surface area contributed by atoms with Crippen molar-refractivity contribution < 1.29 is 9.42 Å². The van der Waals surface area contributed by atoms with E-state index in [-0.39, 0.29) is 11.5 Å². The highest BCUT2D eigenvalue weighted by Gasteiger charge is 2.15. The Hall–Kier alpha value is -1.60. The summed E-state index contributed by atoms with van der Waals surface area (Å²) in [6.07, 6.45) is 0. The first-order valence-corrected chi connectivity index (χ1v) is 5.46. The van der Waals surface area contributed by atoms with E-state index in [0.717, 1.165) is 4.88 Å². The van der Waals surface area contributed by atoms with Crippen molar-refractivity contribution in [2.75, 3.05) is 5.73 Å². The number of hydrogen-bond donors (Lipinski definition) is 2. The lowest BCUT2D eigenvalue weighted by Gasteiger charge is -1.99. The summed E-state index contributed by atoms with van der Waals surface area (Å²) in [5.41, 5.74) is 5.36. The number of rotatable bonds is 3. The number of amides is 1. The Morgan fingerprint density at radius 2 is 2.38 bits per heavy atom. The van der Waals surface area contributed by atoms with E-state index in [1.54, 1.807) is 6.07 Å². The van der Waals surface area contributed by atoms with Crippen LogP contribution < -0.4 is 11.1 Å². The molecule has 8 heteroatoms. The molecular formula is C8H7ClN4O2S. The number of nitrogens with one attached hydrogen (secondary N) is 1. The zero-order valence-corrected chi connectivity index (χ0v) is 9.51. The molecule has 0 aliphatic rings. The van der Waals surface area contributed by atoms with Gasteiger partial charge < -0.3 is 11.1 Å². The van der Waals surface area contributed by atoms with Crippen molar-refractivity contribution >= 4 is 34.7 Å². The third-order valence-corrected chi connectivity index (χ3v) is 3.01. The summed E-state index contributed by atoms with van der Waals surface area (Å²) in [6, 6.07) is 3.59. The van der Waals surface area contributed by atoms with Gasteiger partial charge in [-0.25, -0.2) is 4.63 Å². The number of carbonyl (C=O) groups is 1. The van der Waals surface area contributed by atoms with Crippen LogP contribution in [-0.4, -0.2) is 16.2 Å². The Morgan fingerprint density at radius 1 is 1.56 bits per heavy atom. The number of nitrogens with zero attached hydrogens (tertiary/aromatic N) is 2. The van der Waals surface area contributed by atoms with E-state index < -0.39 is 5.91 Å². The highest BCUT2D eigenvalue weighted by Crippen LogP contribution is 2.21. The van der Waals surface area contributed by atoms with Gasteiger partial charge in [-0.05, 0) is 22.4 Å². The molecule has 0 aromatic carbocycles. The van der Waals surface area contributed by atoms with Crippen molar-refractivity contribution in [1.29, 1.82) is 0 Å². The summed E-state index contributed by atoms with van der Waals surface area (Å²) in [7, 11) is 0. The second-order valence-electron chi connectivity index (χ2n) is 2.89. The summed E-state index contributed by atoms with van der Waals surface area (Å²) < 4.78 is 4.99. The van der Waals surface area contributed by atoms with Gasteiger partial charge in [0.1, 0.15) is 0 Å². The van der Waals surface area contributed by atoms with Gasteiger partial charge in [0.15, 0.2) is 0 Å². The van der Waals surface area contributed by atoms with Gasteiger partial charge in [-0.2, -0.15) is 0 Å². The number of carbonyl (C=O) groups excluding carboxylic acids is 1. The maximum atomic E-state index is 11.5. The topological polar surface area (TPSA) is 94.0 Å². The Kier molecular flexibility index (Phi) is 3.07. The Balaban J connectivity index is 1.96. The minimum absolute atomic E-state index is 0.0114. The van der Waals surface area contributed by atoms with Gasteiger partial charge in [-0.15, -0.1) is 11.3 Å². The molecule has 2 rings (SSSR count). The van der Waals surface area contributed by atoms with Crippen molar-refractivity contribution in [3.8, 4) is 0 Å². The van der Waals surface area contributed by atoms with Crippen LogP contribution in [0.1, 0.15) is 15.4 Å². The number of thiophene rings is 1. The number of anilines is 1. The second-order valence-corrected chi connectivity index (χ2v) is 4.69. The normalized spacial score (nSPS) is 10.3. The molecule has 2 aromatic heterocycles. The molecule has 0 saturated carbocycles. The van der Waals surface area contributed by atoms with E-state index in [2.05, 4.69) is 20.3 Å². The Labute approximate surface area is 99.3 Å². The molecular weight excluding hydrogens is 252 g/mol. The fraction of sp³-hybridized carbons (Fsp3) is 0.125. The van der Waals surface area contributed by atoms with Crippen LogP contribution in [0.2, 0.25) is 4.34 Å². The van der Waals surface area contributed by atoms with E-state index in [1.807, 2.05) is 6.07 Å². The maximum Gasteiger partial charge on any atom is 0.277 e. The van der Waals surface area contributed by atoms with Gasteiger partial charge >= 0.3 is 0 Å². The molecule has 2 aromatic rings. The first-order valence-electron chi connectivity index (χ1n) is 4.27.